The average Bonchev–Trinajstić information content (AvgIpc) is 2.92. The number of carbonyl (C=O) groups is 1. The van der Waals surface area contributed by atoms with Gasteiger partial charge in [0.1, 0.15) is 6.54 Å². The van der Waals surface area contributed by atoms with Gasteiger partial charge < -0.3 is 0 Å². The van der Waals surface area contributed by atoms with Crippen LogP contribution in [0, 0.1) is 0 Å². The zero-order chi connectivity index (χ0) is 28.0. The van der Waals surface area contributed by atoms with Gasteiger partial charge in [-0.3, -0.25) is 14.0 Å². The molecule has 1 aliphatic heterocycles. The fourth-order valence-electron chi connectivity index (χ4n) is 4.15. The first kappa shape index (κ1) is 28.6. The summed E-state index contributed by atoms with van der Waals surface area (Å²) < 4.78 is 67.9. The third-order valence-electron chi connectivity index (χ3n) is 6.18. The number of rotatable bonds is 8. The predicted octanol–water partition coefficient (Wildman–Crippen LogP) is 5.32. The fraction of sp³-hybridized carbons (Fsp3) is 0.259. The van der Waals surface area contributed by atoms with Gasteiger partial charge in [-0.2, -0.15) is 18.3 Å². The second kappa shape index (κ2) is 12.2. The van der Waals surface area contributed by atoms with Crippen molar-refractivity contribution in [2.24, 2.45) is 5.10 Å². The van der Waals surface area contributed by atoms with Crippen molar-refractivity contribution in [3.63, 3.8) is 0 Å². The summed E-state index contributed by atoms with van der Waals surface area (Å²) in [6.45, 7) is 1.49. The van der Waals surface area contributed by atoms with Crippen molar-refractivity contribution in [2.75, 3.05) is 23.9 Å². The Morgan fingerprint density at radius 3 is 2.21 bits per heavy atom. The van der Waals surface area contributed by atoms with Crippen LogP contribution in [-0.2, 0) is 27.5 Å². The zero-order valence-corrected chi connectivity index (χ0v) is 22.3. The largest absolute Gasteiger partial charge is 0.417 e. The summed E-state index contributed by atoms with van der Waals surface area (Å²) >= 11 is 5.73. The van der Waals surface area contributed by atoms with Crippen LogP contribution in [0.4, 0.5) is 18.9 Å². The van der Waals surface area contributed by atoms with E-state index < -0.39 is 39.2 Å². The van der Waals surface area contributed by atoms with Crippen LogP contribution in [0.15, 0.2) is 88.9 Å². The Hall–Kier alpha value is -3.41. The van der Waals surface area contributed by atoms with E-state index in [4.69, 9.17) is 11.6 Å². The highest BCUT2D eigenvalue weighted by molar-refractivity contribution is 7.92. The molecule has 1 N–H and O–H groups in total. The van der Waals surface area contributed by atoms with Gasteiger partial charge in [0.25, 0.3) is 15.9 Å². The Bertz CT molecular complexity index is 1430. The molecule has 0 saturated carbocycles. The second-order valence-corrected chi connectivity index (χ2v) is 11.2. The Kier molecular flexibility index (Phi) is 8.94. The molecule has 0 atom stereocenters. The molecule has 206 valence electrons. The summed E-state index contributed by atoms with van der Waals surface area (Å²) in [6.07, 6.45) is -3.59. The quantitative estimate of drug-likeness (QED) is 0.367. The zero-order valence-electron chi connectivity index (χ0n) is 20.7. The van der Waals surface area contributed by atoms with E-state index in [1.807, 2.05) is 18.2 Å². The van der Waals surface area contributed by atoms with Gasteiger partial charge in [-0.05, 0) is 35.9 Å². The minimum Gasteiger partial charge on any atom is -0.298 e. The lowest BCUT2D eigenvalue weighted by Gasteiger charge is -2.27. The van der Waals surface area contributed by atoms with Gasteiger partial charge in [0.2, 0.25) is 0 Å². The lowest BCUT2D eigenvalue weighted by molar-refractivity contribution is -0.137. The summed E-state index contributed by atoms with van der Waals surface area (Å²) in [5.41, 5.74) is 2.75. The molecule has 0 bridgehead atoms. The third-order valence-corrected chi connectivity index (χ3v) is 8.30. The topological polar surface area (TPSA) is 82.1 Å². The normalized spacial score (nSPS) is 14.6. The monoisotopic (exact) mass is 578 g/mol. The van der Waals surface area contributed by atoms with Crippen LogP contribution in [0.1, 0.15) is 24.0 Å². The molecular weight excluding hydrogens is 553 g/mol. The molecule has 1 aliphatic rings. The van der Waals surface area contributed by atoms with Crippen molar-refractivity contribution in [3.05, 3.63) is 95.0 Å². The van der Waals surface area contributed by atoms with Crippen molar-refractivity contribution in [1.82, 2.24) is 10.3 Å². The van der Waals surface area contributed by atoms with Crippen molar-refractivity contribution in [2.45, 2.75) is 30.5 Å². The van der Waals surface area contributed by atoms with E-state index in [1.165, 1.54) is 29.8 Å². The van der Waals surface area contributed by atoms with Crippen LogP contribution in [0.3, 0.4) is 0 Å². The maximum atomic E-state index is 13.5. The van der Waals surface area contributed by atoms with Gasteiger partial charge in [0, 0.05) is 38.2 Å². The van der Waals surface area contributed by atoms with E-state index in [-0.39, 0.29) is 10.6 Å². The first-order valence-corrected chi connectivity index (χ1v) is 13.9. The highest BCUT2D eigenvalue weighted by atomic mass is 35.5. The number of hydrogen-bond donors (Lipinski definition) is 1. The van der Waals surface area contributed by atoms with Gasteiger partial charge >= 0.3 is 6.18 Å². The first-order valence-electron chi connectivity index (χ1n) is 12.1. The van der Waals surface area contributed by atoms with E-state index >= 15 is 0 Å². The van der Waals surface area contributed by atoms with Gasteiger partial charge in [0.05, 0.1) is 21.2 Å². The average molecular weight is 579 g/mol. The number of sulfonamides is 1. The Balaban J connectivity index is 1.49. The highest BCUT2D eigenvalue weighted by Gasteiger charge is 2.35. The summed E-state index contributed by atoms with van der Waals surface area (Å²) in [6, 6.07) is 19.9. The van der Waals surface area contributed by atoms with Crippen molar-refractivity contribution < 1.29 is 26.4 Å². The second-order valence-electron chi connectivity index (χ2n) is 8.96. The molecule has 1 heterocycles. The number of halogens is 4. The van der Waals surface area contributed by atoms with E-state index in [0.717, 1.165) is 37.5 Å². The van der Waals surface area contributed by atoms with Crippen LogP contribution < -0.4 is 9.73 Å². The fourth-order valence-corrected chi connectivity index (χ4v) is 5.81. The molecule has 7 nitrogen and oxygen atoms in total. The van der Waals surface area contributed by atoms with Gasteiger partial charge in [0.15, 0.2) is 0 Å². The Morgan fingerprint density at radius 2 is 1.59 bits per heavy atom. The molecule has 0 aliphatic carbocycles. The number of hydrazone groups is 1. The number of anilines is 1. The van der Waals surface area contributed by atoms with Crippen LogP contribution in [-0.4, -0.2) is 44.6 Å². The van der Waals surface area contributed by atoms with Crippen LogP contribution in [0.2, 0.25) is 5.02 Å². The molecule has 0 radical (unpaired) electrons. The third kappa shape index (κ3) is 7.37. The number of amides is 1. The van der Waals surface area contributed by atoms with Crippen molar-refractivity contribution in [1.29, 1.82) is 0 Å². The van der Waals surface area contributed by atoms with Crippen LogP contribution in [0.5, 0.6) is 0 Å². The van der Waals surface area contributed by atoms with Crippen LogP contribution in [0.25, 0.3) is 0 Å². The standard InChI is InChI=1S/C27H26ClF3N4O3S/c28-25-12-11-22(17-24(25)27(29,30)31)35(39(37,38)23-9-5-2-6-10-23)19-26(36)33-32-21-13-15-34(16-14-21)18-20-7-3-1-4-8-20/h1-12,17H,13-16,18-19H2,(H,33,36). The van der Waals surface area contributed by atoms with Crippen LogP contribution >= 0.6 is 11.6 Å². The number of benzene rings is 3. The maximum Gasteiger partial charge on any atom is 0.417 e. The number of likely N-dealkylation sites (tertiary alicyclic amines) is 1. The van der Waals surface area contributed by atoms with Crippen molar-refractivity contribution in [3.8, 4) is 0 Å². The molecule has 39 heavy (non-hydrogen) atoms. The number of hydrogen-bond acceptors (Lipinski definition) is 5. The molecule has 1 fully saturated rings. The molecule has 1 saturated heterocycles. The predicted molar refractivity (Wildman–Crippen MR) is 144 cm³/mol. The van der Waals surface area contributed by atoms with E-state index in [0.29, 0.717) is 23.2 Å². The van der Waals surface area contributed by atoms with Gasteiger partial charge in [-0.1, -0.05) is 60.1 Å². The molecule has 0 aromatic heterocycles. The van der Waals surface area contributed by atoms with E-state index in [2.05, 4.69) is 27.6 Å². The Morgan fingerprint density at radius 1 is 0.974 bits per heavy atom. The molecule has 1 amide bonds. The minimum absolute atomic E-state index is 0.182. The van der Waals surface area contributed by atoms with E-state index in [9.17, 15) is 26.4 Å². The number of alkyl halides is 3. The number of carbonyl (C=O) groups excluding carboxylic acids is 1. The number of nitrogens with one attached hydrogen (secondary N) is 1. The molecule has 0 unspecified atom stereocenters. The molecular formula is C27H26ClF3N4O3S. The first-order chi connectivity index (χ1) is 18.5. The molecule has 3 aromatic rings. The number of piperidine rings is 1. The molecule has 12 heteroatoms. The minimum atomic E-state index is -4.82. The summed E-state index contributed by atoms with van der Waals surface area (Å²) in [7, 11) is -4.40. The summed E-state index contributed by atoms with van der Waals surface area (Å²) in [4.78, 5) is 14.9. The molecule has 3 aromatic carbocycles. The van der Waals surface area contributed by atoms with E-state index in [1.54, 1.807) is 6.07 Å². The Labute approximate surface area is 229 Å². The smallest absolute Gasteiger partial charge is 0.298 e. The van der Waals surface area contributed by atoms with Gasteiger partial charge in [-0.15, -0.1) is 0 Å². The van der Waals surface area contributed by atoms with Crippen molar-refractivity contribution >= 4 is 38.9 Å². The lowest BCUT2D eigenvalue weighted by Crippen LogP contribution is -2.40. The van der Waals surface area contributed by atoms with Gasteiger partial charge in [-0.25, -0.2) is 13.8 Å². The highest BCUT2D eigenvalue weighted by Crippen LogP contribution is 2.38. The molecule has 4 rings (SSSR count). The molecule has 0 spiro atoms. The maximum absolute atomic E-state index is 13.5. The summed E-state index contributed by atoms with van der Waals surface area (Å²) in [5.74, 6) is -0.794. The summed E-state index contributed by atoms with van der Waals surface area (Å²) in [5, 5.41) is 3.58. The SMILES string of the molecule is O=C(CN(c1ccc(Cl)c(C(F)(F)F)c1)S(=O)(=O)c1ccccc1)NN=C1CCN(Cc2ccccc2)CC1. The lowest BCUT2D eigenvalue weighted by atomic mass is 10.1. The number of nitrogens with zero attached hydrogens (tertiary/aromatic N) is 3.